The molecule has 3 rings (SSSR count). The van der Waals surface area contributed by atoms with Crippen LogP contribution in [0.25, 0.3) is 11.1 Å². The van der Waals surface area contributed by atoms with E-state index in [-0.39, 0.29) is 29.9 Å². The van der Waals surface area contributed by atoms with Crippen molar-refractivity contribution < 1.29 is 28.3 Å². The molecule has 1 amide bonds. The molecule has 1 aromatic carbocycles. The van der Waals surface area contributed by atoms with E-state index < -0.39 is 17.4 Å². The third-order valence-electron chi connectivity index (χ3n) is 3.93. The monoisotopic (exact) mass is 402 g/mol. The van der Waals surface area contributed by atoms with Crippen molar-refractivity contribution in [1.29, 1.82) is 0 Å². The van der Waals surface area contributed by atoms with Gasteiger partial charge >= 0.3 is 5.97 Å². The first-order valence-corrected chi connectivity index (χ1v) is 8.52. The lowest BCUT2D eigenvalue weighted by Gasteiger charge is -2.12. The zero-order valence-corrected chi connectivity index (χ0v) is 15.9. The Morgan fingerprint density at radius 2 is 2.03 bits per heavy atom. The average Bonchev–Trinajstić information content (AvgIpc) is 3.15. The van der Waals surface area contributed by atoms with Gasteiger partial charge in [-0.25, -0.2) is 9.78 Å². The zero-order chi connectivity index (χ0) is 21.0. The molecule has 0 saturated heterocycles. The topological polar surface area (TPSA) is 135 Å². The Bertz CT molecular complexity index is 1120. The smallest absolute Gasteiger partial charge is 0.361 e. The van der Waals surface area contributed by atoms with E-state index in [4.69, 9.17) is 18.7 Å². The van der Waals surface area contributed by atoms with Gasteiger partial charge in [0.25, 0.3) is 11.3 Å². The Kier molecular flexibility index (Phi) is 5.77. The van der Waals surface area contributed by atoms with Crippen molar-refractivity contribution in [3.8, 4) is 11.5 Å². The summed E-state index contributed by atoms with van der Waals surface area (Å²) >= 11 is 0. The molecule has 3 aromatic rings. The van der Waals surface area contributed by atoms with E-state index in [0.717, 1.165) is 10.9 Å². The SMILES string of the molecule is CCOC(=O)c1noc2ncn(CC(=O)Nc3ccc(OC)cc3OC)c(=O)c12. The summed E-state index contributed by atoms with van der Waals surface area (Å²) in [5, 5.41) is 6.05. The number of rotatable bonds is 7. The van der Waals surface area contributed by atoms with E-state index in [2.05, 4.69) is 15.5 Å². The summed E-state index contributed by atoms with van der Waals surface area (Å²) < 4.78 is 21.1. The molecule has 0 unspecified atom stereocenters. The van der Waals surface area contributed by atoms with Crippen molar-refractivity contribution in [2.45, 2.75) is 13.5 Å². The molecule has 29 heavy (non-hydrogen) atoms. The molecular weight excluding hydrogens is 384 g/mol. The van der Waals surface area contributed by atoms with Crippen LogP contribution in [0.2, 0.25) is 0 Å². The third kappa shape index (κ3) is 4.03. The molecule has 0 spiro atoms. The predicted octanol–water partition coefficient (Wildman–Crippen LogP) is 1.22. The molecule has 0 fully saturated rings. The molecule has 11 heteroatoms. The van der Waals surface area contributed by atoms with Crippen molar-refractivity contribution >= 4 is 28.7 Å². The lowest BCUT2D eigenvalue weighted by Crippen LogP contribution is -2.28. The number of anilines is 1. The highest BCUT2D eigenvalue weighted by Crippen LogP contribution is 2.28. The number of amides is 1. The molecule has 0 atom stereocenters. The molecular formula is C18H18N4O7. The summed E-state index contributed by atoms with van der Waals surface area (Å²) in [5.74, 6) is -0.367. The minimum absolute atomic E-state index is 0.105. The number of nitrogens with zero attached hydrogens (tertiary/aromatic N) is 3. The van der Waals surface area contributed by atoms with Crippen LogP contribution in [0.1, 0.15) is 17.4 Å². The highest BCUT2D eigenvalue weighted by molar-refractivity contribution is 6.00. The molecule has 0 radical (unpaired) electrons. The summed E-state index contributed by atoms with van der Waals surface area (Å²) in [6, 6.07) is 4.87. The fourth-order valence-corrected chi connectivity index (χ4v) is 2.58. The Balaban J connectivity index is 1.86. The van der Waals surface area contributed by atoms with Gasteiger partial charge in [0.1, 0.15) is 29.8 Å². The van der Waals surface area contributed by atoms with Gasteiger partial charge in [-0.2, -0.15) is 0 Å². The summed E-state index contributed by atoms with van der Waals surface area (Å²) in [6.07, 6.45) is 1.13. The Hall–Kier alpha value is -3.89. The van der Waals surface area contributed by atoms with Crippen LogP contribution >= 0.6 is 0 Å². The number of carbonyl (C=O) groups is 2. The van der Waals surface area contributed by atoms with Crippen LogP contribution < -0.4 is 20.3 Å². The fraction of sp³-hybridized carbons (Fsp3) is 0.278. The van der Waals surface area contributed by atoms with Crippen LogP contribution in [0.5, 0.6) is 11.5 Å². The van der Waals surface area contributed by atoms with Crippen LogP contribution in [0.15, 0.2) is 33.8 Å². The molecule has 0 aliphatic heterocycles. The normalized spacial score (nSPS) is 10.6. The first-order valence-electron chi connectivity index (χ1n) is 8.52. The Labute approximate surface area is 164 Å². The number of fused-ring (bicyclic) bond motifs is 1. The van der Waals surface area contributed by atoms with Gasteiger partial charge in [-0.15, -0.1) is 0 Å². The Morgan fingerprint density at radius 3 is 2.72 bits per heavy atom. The summed E-state index contributed by atoms with van der Waals surface area (Å²) in [5.41, 5.74) is -0.661. The maximum Gasteiger partial charge on any atom is 0.361 e. The molecule has 0 aliphatic carbocycles. The molecule has 2 aromatic heterocycles. The molecule has 0 aliphatic rings. The van der Waals surface area contributed by atoms with Crippen molar-refractivity contribution in [3.63, 3.8) is 0 Å². The number of aromatic nitrogens is 3. The summed E-state index contributed by atoms with van der Waals surface area (Å²) in [6.45, 7) is 1.37. The Morgan fingerprint density at radius 1 is 1.24 bits per heavy atom. The van der Waals surface area contributed by atoms with Gasteiger partial charge in [0.2, 0.25) is 11.6 Å². The van der Waals surface area contributed by atoms with E-state index in [0.29, 0.717) is 17.2 Å². The maximum atomic E-state index is 12.7. The van der Waals surface area contributed by atoms with Crippen LogP contribution in [0.3, 0.4) is 0 Å². The number of benzene rings is 1. The molecule has 1 N–H and O–H groups in total. The minimum atomic E-state index is -0.810. The van der Waals surface area contributed by atoms with Crippen LogP contribution in [-0.4, -0.2) is 47.4 Å². The van der Waals surface area contributed by atoms with E-state index >= 15 is 0 Å². The first kappa shape index (κ1) is 19.9. The largest absolute Gasteiger partial charge is 0.497 e. The summed E-state index contributed by atoms with van der Waals surface area (Å²) in [7, 11) is 2.97. The molecule has 152 valence electrons. The lowest BCUT2D eigenvalue weighted by atomic mass is 10.2. The second kappa shape index (κ2) is 8.42. The number of esters is 1. The standard InChI is InChI=1S/C18H18N4O7/c1-4-28-18(25)15-14-16(29-21-15)19-9-22(17(14)24)8-13(23)20-11-6-5-10(26-2)7-12(11)27-3/h5-7,9H,4,8H2,1-3H3,(H,20,23). The first-order chi connectivity index (χ1) is 14.0. The predicted molar refractivity (Wildman–Crippen MR) is 100 cm³/mol. The number of hydrogen-bond acceptors (Lipinski definition) is 9. The van der Waals surface area contributed by atoms with Crippen molar-refractivity contribution in [2.24, 2.45) is 0 Å². The van der Waals surface area contributed by atoms with Gasteiger partial charge in [-0.3, -0.25) is 14.2 Å². The third-order valence-corrected chi connectivity index (χ3v) is 3.93. The van der Waals surface area contributed by atoms with E-state index in [9.17, 15) is 14.4 Å². The number of carbonyl (C=O) groups excluding carboxylic acids is 2. The molecule has 2 heterocycles. The van der Waals surface area contributed by atoms with Crippen LogP contribution in [-0.2, 0) is 16.1 Å². The molecule has 0 bridgehead atoms. The van der Waals surface area contributed by atoms with Crippen molar-refractivity contribution in [1.82, 2.24) is 14.7 Å². The average molecular weight is 402 g/mol. The second-order valence-electron chi connectivity index (χ2n) is 5.72. The fourth-order valence-electron chi connectivity index (χ4n) is 2.58. The minimum Gasteiger partial charge on any atom is -0.497 e. The number of ether oxygens (including phenoxy) is 3. The highest BCUT2D eigenvalue weighted by Gasteiger charge is 2.23. The lowest BCUT2D eigenvalue weighted by molar-refractivity contribution is -0.116. The van der Waals surface area contributed by atoms with Gasteiger partial charge < -0.3 is 24.1 Å². The van der Waals surface area contributed by atoms with Gasteiger partial charge in [-0.1, -0.05) is 5.16 Å². The summed E-state index contributed by atoms with van der Waals surface area (Å²) in [4.78, 5) is 41.0. The van der Waals surface area contributed by atoms with E-state index in [1.165, 1.54) is 14.2 Å². The molecule has 0 saturated carbocycles. The van der Waals surface area contributed by atoms with Crippen LogP contribution in [0, 0.1) is 0 Å². The van der Waals surface area contributed by atoms with Gasteiger partial charge in [0, 0.05) is 6.07 Å². The number of nitrogens with one attached hydrogen (secondary N) is 1. The zero-order valence-electron chi connectivity index (χ0n) is 15.9. The second-order valence-corrected chi connectivity index (χ2v) is 5.72. The van der Waals surface area contributed by atoms with Crippen molar-refractivity contribution in [3.05, 3.63) is 40.6 Å². The van der Waals surface area contributed by atoms with E-state index in [1.54, 1.807) is 25.1 Å². The molecule has 11 nitrogen and oxygen atoms in total. The number of methoxy groups -OCH3 is 2. The van der Waals surface area contributed by atoms with Crippen molar-refractivity contribution in [2.75, 3.05) is 26.1 Å². The van der Waals surface area contributed by atoms with Crippen LogP contribution in [0.4, 0.5) is 5.69 Å². The van der Waals surface area contributed by atoms with Gasteiger partial charge in [-0.05, 0) is 19.1 Å². The highest BCUT2D eigenvalue weighted by atomic mass is 16.5. The van der Waals surface area contributed by atoms with E-state index in [1.807, 2.05) is 0 Å². The van der Waals surface area contributed by atoms with Gasteiger partial charge in [0.15, 0.2) is 0 Å². The maximum absolute atomic E-state index is 12.7. The number of hydrogen-bond donors (Lipinski definition) is 1. The quantitative estimate of drug-likeness (QED) is 0.579. The van der Waals surface area contributed by atoms with Gasteiger partial charge in [0.05, 0.1) is 26.5 Å².